The summed E-state index contributed by atoms with van der Waals surface area (Å²) in [7, 11) is 0. The lowest BCUT2D eigenvalue weighted by molar-refractivity contribution is -0.116. The summed E-state index contributed by atoms with van der Waals surface area (Å²) in [5.41, 5.74) is 0.325. The number of carbonyl (C=O) groups excluding carboxylic acids is 1. The maximum absolute atomic E-state index is 13.7. The van der Waals surface area contributed by atoms with E-state index in [1.54, 1.807) is 11.0 Å². The van der Waals surface area contributed by atoms with Crippen LogP contribution in [0.2, 0.25) is 0 Å². The number of nitrogens with zero attached hydrogens (tertiary/aromatic N) is 2. The number of carbonyl (C=O) groups is 1. The minimum atomic E-state index is -0.356. The number of hydrogen-bond donors (Lipinski definition) is 0. The Morgan fingerprint density at radius 3 is 3.10 bits per heavy atom. The molecule has 1 aromatic carbocycles. The van der Waals surface area contributed by atoms with E-state index in [0.717, 1.165) is 24.1 Å². The molecule has 2 heterocycles. The summed E-state index contributed by atoms with van der Waals surface area (Å²) in [5, 5.41) is 0.535. The van der Waals surface area contributed by atoms with E-state index < -0.39 is 0 Å². The number of benzene rings is 1. The molecule has 1 saturated heterocycles. The molecule has 1 fully saturated rings. The molecule has 6 heteroatoms. The third-order valence-electron chi connectivity index (χ3n) is 3.38. The van der Waals surface area contributed by atoms with Gasteiger partial charge in [0.25, 0.3) is 0 Å². The van der Waals surface area contributed by atoms with Crippen LogP contribution in [0.25, 0.3) is 10.2 Å². The molecule has 3 rings (SSSR count). The predicted octanol–water partition coefficient (Wildman–Crippen LogP) is 2.97. The largest absolute Gasteiger partial charge is 0.376 e. The van der Waals surface area contributed by atoms with Crippen LogP contribution in [0.1, 0.15) is 19.8 Å². The van der Waals surface area contributed by atoms with Crippen molar-refractivity contribution in [2.24, 2.45) is 0 Å². The quantitative estimate of drug-likeness (QED) is 0.874. The van der Waals surface area contributed by atoms with Gasteiger partial charge in [-0.3, -0.25) is 9.69 Å². The average molecular weight is 294 g/mol. The molecule has 4 nitrogen and oxygen atoms in total. The summed E-state index contributed by atoms with van der Waals surface area (Å²) in [4.78, 5) is 17.7. The van der Waals surface area contributed by atoms with Gasteiger partial charge in [-0.05, 0) is 25.0 Å². The zero-order valence-corrected chi connectivity index (χ0v) is 12.0. The molecule has 0 bridgehead atoms. The van der Waals surface area contributed by atoms with E-state index in [1.807, 2.05) is 6.07 Å². The molecule has 1 aromatic heterocycles. The lowest BCUT2D eigenvalue weighted by Crippen LogP contribution is -2.35. The molecule has 106 valence electrons. The standard InChI is InChI=1S/C14H15FN2O2S/c1-9(18)17(8-10-4-3-7-19-10)14-16-13-11(15)5-2-6-12(13)20-14/h2,5-6,10H,3-4,7-8H2,1H3/t10-/m0/s1. The Balaban J connectivity index is 1.92. The fourth-order valence-electron chi connectivity index (χ4n) is 2.35. The van der Waals surface area contributed by atoms with Crippen molar-refractivity contribution in [2.75, 3.05) is 18.1 Å². The van der Waals surface area contributed by atoms with Gasteiger partial charge in [0.1, 0.15) is 11.3 Å². The summed E-state index contributed by atoms with van der Waals surface area (Å²) in [5.74, 6) is -0.453. The first-order valence-electron chi connectivity index (χ1n) is 6.60. The molecule has 1 amide bonds. The highest BCUT2D eigenvalue weighted by Crippen LogP contribution is 2.31. The third-order valence-corrected chi connectivity index (χ3v) is 4.42. The van der Waals surface area contributed by atoms with Gasteiger partial charge < -0.3 is 4.74 Å². The molecular formula is C14H15FN2O2S. The van der Waals surface area contributed by atoms with E-state index in [0.29, 0.717) is 17.2 Å². The van der Waals surface area contributed by atoms with E-state index in [1.165, 1.54) is 24.3 Å². The first-order valence-corrected chi connectivity index (χ1v) is 7.41. The van der Waals surface area contributed by atoms with Gasteiger partial charge in [0.05, 0.1) is 17.3 Å². The summed E-state index contributed by atoms with van der Waals surface area (Å²) >= 11 is 1.33. The number of anilines is 1. The van der Waals surface area contributed by atoms with Crippen LogP contribution in [-0.4, -0.2) is 30.1 Å². The highest BCUT2D eigenvalue weighted by Gasteiger charge is 2.24. The summed E-state index contributed by atoms with van der Waals surface area (Å²) < 4.78 is 20.0. The number of rotatable bonds is 3. The summed E-state index contributed by atoms with van der Waals surface area (Å²) in [6.07, 6.45) is 2.02. The molecule has 1 atom stereocenters. The van der Waals surface area contributed by atoms with Crippen LogP contribution in [0.5, 0.6) is 0 Å². The van der Waals surface area contributed by atoms with Crippen molar-refractivity contribution in [2.45, 2.75) is 25.9 Å². The van der Waals surface area contributed by atoms with Crippen molar-refractivity contribution in [3.8, 4) is 0 Å². The second kappa shape index (κ2) is 5.46. The Hall–Kier alpha value is -1.53. The monoisotopic (exact) mass is 294 g/mol. The Morgan fingerprint density at radius 2 is 2.45 bits per heavy atom. The molecule has 2 aromatic rings. The van der Waals surface area contributed by atoms with Crippen molar-refractivity contribution < 1.29 is 13.9 Å². The molecular weight excluding hydrogens is 279 g/mol. The number of halogens is 1. The summed E-state index contributed by atoms with van der Waals surface area (Å²) in [6, 6.07) is 4.84. The zero-order chi connectivity index (χ0) is 14.1. The van der Waals surface area contributed by atoms with Gasteiger partial charge in [-0.15, -0.1) is 0 Å². The maximum Gasteiger partial charge on any atom is 0.225 e. The first kappa shape index (κ1) is 13.5. The van der Waals surface area contributed by atoms with Gasteiger partial charge in [-0.2, -0.15) is 0 Å². The third kappa shape index (κ3) is 2.53. The van der Waals surface area contributed by atoms with E-state index in [2.05, 4.69) is 4.98 Å². The first-order chi connectivity index (χ1) is 9.65. The molecule has 0 saturated carbocycles. The minimum Gasteiger partial charge on any atom is -0.376 e. The lowest BCUT2D eigenvalue weighted by Gasteiger charge is -2.21. The van der Waals surface area contributed by atoms with Crippen molar-refractivity contribution >= 4 is 32.6 Å². The van der Waals surface area contributed by atoms with E-state index in [4.69, 9.17) is 4.74 Å². The SMILES string of the molecule is CC(=O)N(C[C@@H]1CCCO1)c1nc2c(F)cccc2s1. The minimum absolute atomic E-state index is 0.0516. The molecule has 0 unspecified atom stereocenters. The normalized spacial score (nSPS) is 18.6. The van der Waals surface area contributed by atoms with Crippen molar-refractivity contribution in [3.63, 3.8) is 0 Å². The van der Waals surface area contributed by atoms with Gasteiger partial charge in [0.2, 0.25) is 5.91 Å². The van der Waals surface area contributed by atoms with Crippen LogP contribution in [0.3, 0.4) is 0 Å². The molecule has 20 heavy (non-hydrogen) atoms. The highest BCUT2D eigenvalue weighted by atomic mass is 32.1. The smallest absolute Gasteiger partial charge is 0.225 e. The van der Waals surface area contributed by atoms with Crippen LogP contribution in [0, 0.1) is 5.82 Å². The fraction of sp³-hybridized carbons (Fsp3) is 0.429. The van der Waals surface area contributed by atoms with Crippen LogP contribution in [-0.2, 0) is 9.53 Å². The fourth-order valence-corrected chi connectivity index (χ4v) is 3.39. The van der Waals surface area contributed by atoms with Crippen molar-refractivity contribution in [1.29, 1.82) is 0 Å². The number of thiazole rings is 1. The van der Waals surface area contributed by atoms with Gasteiger partial charge >= 0.3 is 0 Å². The molecule has 0 aliphatic carbocycles. The number of ether oxygens (including phenoxy) is 1. The maximum atomic E-state index is 13.7. The van der Waals surface area contributed by atoms with Crippen LogP contribution >= 0.6 is 11.3 Å². The second-order valence-electron chi connectivity index (χ2n) is 4.85. The Kier molecular flexibility index (Phi) is 3.67. The highest BCUT2D eigenvalue weighted by molar-refractivity contribution is 7.22. The van der Waals surface area contributed by atoms with Gasteiger partial charge in [0, 0.05) is 13.5 Å². The zero-order valence-electron chi connectivity index (χ0n) is 11.1. The lowest BCUT2D eigenvalue weighted by atomic mass is 10.2. The molecule has 0 radical (unpaired) electrons. The van der Waals surface area contributed by atoms with Crippen LogP contribution in [0.4, 0.5) is 9.52 Å². The topological polar surface area (TPSA) is 42.4 Å². The number of aromatic nitrogens is 1. The number of fused-ring (bicyclic) bond motifs is 1. The number of hydrogen-bond acceptors (Lipinski definition) is 4. The average Bonchev–Trinajstić information content (AvgIpc) is 3.05. The van der Waals surface area contributed by atoms with Gasteiger partial charge in [0.15, 0.2) is 5.13 Å². The Morgan fingerprint density at radius 1 is 1.60 bits per heavy atom. The van der Waals surface area contributed by atoms with Crippen molar-refractivity contribution in [1.82, 2.24) is 4.98 Å². The molecule has 0 N–H and O–H groups in total. The van der Waals surface area contributed by atoms with E-state index in [-0.39, 0.29) is 17.8 Å². The molecule has 0 spiro atoms. The predicted molar refractivity (Wildman–Crippen MR) is 76.6 cm³/mol. The molecule has 1 aliphatic rings. The number of para-hydroxylation sites is 1. The second-order valence-corrected chi connectivity index (χ2v) is 5.86. The van der Waals surface area contributed by atoms with Gasteiger partial charge in [-0.1, -0.05) is 17.4 Å². The van der Waals surface area contributed by atoms with E-state index in [9.17, 15) is 9.18 Å². The van der Waals surface area contributed by atoms with Crippen molar-refractivity contribution in [3.05, 3.63) is 24.0 Å². The molecule has 1 aliphatic heterocycles. The van der Waals surface area contributed by atoms with Crippen LogP contribution in [0.15, 0.2) is 18.2 Å². The Bertz CT molecular complexity index is 637. The van der Waals surface area contributed by atoms with Gasteiger partial charge in [-0.25, -0.2) is 9.37 Å². The number of amides is 1. The van der Waals surface area contributed by atoms with Crippen LogP contribution < -0.4 is 4.90 Å². The summed E-state index contributed by atoms with van der Waals surface area (Å²) in [6.45, 7) is 2.72. The Labute approximate surface area is 120 Å². The van der Waals surface area contributed by atoms with E-state index >= 15 is 0 Å².